The molecule has 0 heterocycles. The van der Waals surface area contributed by atoms with E-state index in [2.05, 4.69) is 111 Å². The van der Waals surface area contributed by atoms with Crippen molar-refractivity contribution in [2.75, 3.05) is 0 Å². The van der Waals surface area contributed by atoms with Crippen molar-refractivity contribution in [3.63, 3.8) is 0 Å². The third-order valence-corrected chi connectivity index (χ3v) is 5.87. The topological polar surface area (TPSA) is 23.9 Å². The Morgan fingerprint density at radius 1 is 0.818 bits per heavy atom. The van der Waals surface area contributed by atoms with Gasteiger partial charge in [-0.3, -0.25) is 0 Å². The molecule has 2 aromatic rings. The van der Waals surface area contributed by atoms with Gasteiger partial charge in [0.1, 0.15) is 0 Å². The molecule has 1 nitrogen and oxygen atoms in total. The molecule has 1 heteroatoms. The van der Waals surface area contributed by atoms with Crippen LogP contribution in [0.5, 0.6) is 0 Å². The summed E-state index contributed by atoms with van der Waals surface area (Å²) in [6.07, 6.45) is 4.44. The van der Waals surface area contributed by atoms with Gasteiger partial charge in [-0.1, -0.05) is 123 Å². The van der Waals surface area contributed by atoms with E-state index in [1.165, 1.54) is 29.5 Å². The SMILES string of the molecule is CC.CCc1ccccc1C(=N)CC(C)CC(C)CC(C)C.Cc1ccc(C(C)(C)C)cc1. The molecule has 33 heavy (non-hydrogen) atoms. The lowest BCUT2D eigenvalue weighted by Crippen LogP contribution is -2.12. The van der Waals surface area contributed by atoms with Crippen molar-refractivity contribution < 1.29 is 0 Å². The van der Waals surface area contributed by atoms with Crippen molar-refractivity contribution in [1.82, 2.24) is 0 Å². The van der Waals surface area contributed by atoms with E-state index in [1.807, 2.05) is 13.8 Å². The van der Waals surface area contributed by atoms with Crippen molar-refractivity contribution in [2.24, 2.45) is 17.8 Å². The molecule has 0 radical (unpaired) electrons. The normalized spacial score (nSPS) is 12.7. The van der Waals surface area contributed by atoms with Gasteiger partial charge in [0.15, 0.2) is 0 Å². The van der Waals surface area contributed by atoms with Crippen LogP contribution < -0.4 is 0 Å². The van der Waals surface area contributed by atoms with Crippen LogP contribution in [0.2, 0.25) is 0 Å². The zero-order valence-corrected chi connectivity index (χ0v) is 23.7. The Bertz CT molecular complexity index is 777. The van der Waals surface area contributed by atoms with Crippen molar-refractivity contribution in [3.8, 4) is 0 Å². The monoisotopic (exact) mass is 451 g/mol. The van der Waals surface area contributed by atoms with Gasteiger partial charge in [-0.15, -0.1) is 0 Å². The van der Waals surface area contributed by atoms with E-state index in [-0.39, 0.29) is 5.41 Å². The molecular weight excluding hydrogens is 398 g/mol. The number of benzene rings is 2. The lowest BCUT2D eigenvalue weighted by molar-refractivity contribution is 0.360. The molecule has 0 amide bonds. The maximum Gasteiger partial charge on any atom is 0.0391 e. The molecule has 0 aliphatic carbocycles. The van der Waals surface area contributed by atoms with Crippen LogP contribution in [0, 0.1) is 30.1 Å². The second-order valence-electron chi connectivity index (χ2n) is 10.9. The highest BCUT2D eigenvalue weighted by Gasteiger charge is 2.14. The van der Waals surface area contributed by atoms with Crippen LogP contribution in [0.3, 0.4) is 0 Å². The van der Waals surface area contributed by atoms with Gasteiger partial charge in [0, 0.05) is 5.71 Å². The summed E-state index contributed by atoms with van der Waals surface area (Å²) in [5.41, 5.74) is 6.29. The van der Waals surface area contributed by atoms with Crippen LogP contribution in [-0.2, 0) is 11.8 Å². The number of hydrogen-bond donors (Lipinski definition) is 1. The van der Waals surface area contributed by atoms with E-state index in [0.717, 1.165) is 36.0 Å². The Kier molecular flexibility index (Phi) is 15.0. The zero-order valence-electron chi connectivity index (χ0n) is 23.7. The highest BCUT2D eigenvalue weighted by atomic mass is 14.4. The summed E-state index contributed by atoms with van der Waals surface area (Å²) in [7, 11) is 0. The summed E-state index contributed by atoms with van der Waals surface area (Å²) in [4.78, 5) is 0. The van der Waals surface area contributed by atoms with Crippen molar-refractivity contribution in [1.29, 1.82) is 5.41 Å². The Balaban J connectivity index is 0.000000663. The molecule has 0 bridgehead atoms. The predicted octanol–water partition coefficient (Wildman–Crippen LogP) is 10.0. The van der Waals surface area contributed by atoms with Gasteiger partial charge in [0.25, 0.3) is 0 Å². The van der Waals surface area contributed by atoms with E-state index >= 15 is 0 Å². The van der Waals surface area contributed by atoms with Gasteiger partial charge in [-0.2, -0.15) is 0 Å². The summed E-state index contributed by atoms with van der Waals surface area (Å²) in [6.45, 7) is 24.2. The number of nitrogens with one attached hydrogen (secondary N) is 1. The largest absolute Gasteiger partial charge is 0.305 e. The first-order valence-corrected chi connectivity index (χ1v) is 13.2. The van der Waals surface area contributed by atoms with Crippen LogP contribution in [0.4, 0.5) is 0 Å². The minimum Gasteiger partial charge on any atom is -0.305 e. The fraction of sp³-hybridized carbons (Fsp3) is 0.594. The molecule has 0 saturated carbocycles. The molecule has 1 N–H and O–H groups in total. The average Bonchev–Trinajstić information content (AvgIpc) is 2.74. The molecule has 2 aromatic carbocycles. The van der Waals surface area contributed by atoms with E-state index in [4.69, 9.17) is 5.41 Å². The number of rotatable bonds is 8. The summed E-state index contributed by atoms with van der Waals surface area (Å²) in [6, 6.07) is 17.1. The van der Waals surface area contributed by atoms with Crippen molar-refractivity contribution in [2.45, 2.75) is 107 Å². The van der Waals surface area contributed by atoms with Crippen LogP contribution in [0.15, 0.2) is 48.5 Å². The second-order valence-corrected chi connectivity index (χ2v) is 10.9. The molecule has 0 fully saturated rings. The smallest absolute Gasteiger partial charge is 0.0391 e. The van der Waals surface area contributed by atoms with Crippen molar-refractivity contribution in [3.05, 3.63) is 70.8 Å². The summed E-state index contributed by atoms with van der Waals surface area (Å²) in [5.74, 6) is 2.14. The lowest BCUT2D eigenvalue weighted by atomic mass is 9.86. The van der Waals surface area contributed by atoms with Gasteiger partial charge >= 0.3 is 0 Å². The molecule has 0 aliphatic heterocycles. The zero-order chi connectivity index (χ0) is 25.6. The fourth-order valence-corrected chi connectivity index (χ4v) is 4.31. The lowest BCUT2D eigenvalue weighted by Gasteiger charge is -2.20. The summed E-state index contributed by atoms with van der Waals surface area (Å²) < 4.78 is 0. The van der Waals surface area contributed by atoms with Crippen LogP contribution in [-0.4, -0.2) is 5.71 Å². The van der Waals surface area contributed by atoms with Gasteiger partial charge < -0.3 is 5.41 Å². The Morgan fingerprint density at radius 3 is 1.85 bits per heavy atom. The molecule has 2 atom stereocenters. The standard InChI is InChI=1S/C19H31N.C11H16.C2H6/c1-6-17-9-7-8-10-18(17)19(20)13-16(5)12-15(4)11-14(2)3;1-9-5-7-10(8-6-9)11(2,3)4;1-2/h7-10,14-16,20H,6,11-13H2,1-5H3;5-8H,1-4H3;1-2H3. The Hall–Kier alpha value is -1.89. The minimum atomic E-state index is 0.285. The molecule has 2 unspecified atom stereocenters. The Morgan fingerprint density at radius 2 is 1.36 bits per heavy atom. The van der Waals surface area contributed by atoms with E-state index in [9.17, 15) is 0 Å². The molecule has 0 spiro atoms. The van der Waals surface area contributed by atoms with E-state index in [0.29, 0.717) is 5.92 Å². The third kappa shape index (κ3) is 12.8. The Labute approximate surface area is 206 Å². The first kappa shape index (κ1) is 31.1. The highest BCUT2D eigenvalue weighted by molar-refractivity contribution is 5.99. The van der Waals surface area contributed by atoms with Crippen LogP contribution >= 0.6 is 0 Å². The molecular formula is C32H53N. The first-order chi connectivity index (χ1) is 15.4. The van der Waals surface area contributed by atoms with Gasteiger partial charge in [-0.05, 0) is 72.5 Å². The van der Waals surface area contributed by atoms with Crippen LogP contribution in [0.1, 0.15) is 111 Å². The maximum absolute atomic E-state index is 8.39. The van der Waals surface area contributed by atoms with Gasteiger partial charge in [-0.25, -0.2) is 0 Å². The van der Waals surface area contributed by atoms with E-state index < -0.39 is 0 Å². The first-order valence-electron chi connectivity index (χ1n) is 13.2. The van der Waals surface area contributed by atoms with Crippen LogP contribution in [0.25, 0.3) is 0 Å². The third-order valence-electron chi connectivity index (χ3n) is 5.87. The quantitative estimate of drug-likeness (QED) is 0.386. The van der Waals surface area contributed by atoms with Crippen molar-refractivity contribution >= 4 is 5.71 Å². The number of hydrogen-bond acceptors (Lipinski definition) is 1. The molecule has 0 aromatic heterocycles. The van der Waals surface area contributed by atoms with Gasteiger partial charge in [0.2, 0.25) is 0 Å². The molecule has 0 saturated heterocycles. The highest BCUT2D eigenvalue weighted by Crippen LogP contribution is 2.24. The maximum atomic E-state index is 8.39. The minimum absolute atomic E-state index is 0.285. The average molecular weight is 452 g/mol. The molecule has 0 aliphatic rings. The summed E-state index contributed by atoms with van der Waals surface area (Å²) in [5, 5.41) is 8.39. The predicted molar refractivity (Wildman–Crippen MR) is 151 cm³/mol. The molecule has 186 valence electrons. The number of aryl methyl sites for hydroxylation is 2. The van der Waals surface area contributed by atoms with E-state index in [1.54, 1.807) is 0 Å². The van der Waals surface area contributed by atoms with Gasteiger partial charge in [0.05, 0.1) is 0 Å². The second kappa shape index (κ2) is 15.9. The summed E-state index contributed by atoms with van der Waals surface area (Å²) >= 11 is 0. The molecule has 2 rings (SSSR count). The fourth-order valence-electron chi connectivity index (χ4n) is 4.31.